The third-order valence-corrected chi connectivity index (χ3v) is 7.12. The van der Waals surface area contributed by atoms with Gasteiger partial charge in [0, 0.05) is 18.2 Å². The highest BCUT2D eigenvalue weighted by Crippen LogP contribution is 2.61. The molecule has 6 nitrogen and oxygen atoms in total. The number of rotatable bonds is 5. The van der Waals surface area contributed by atoms with Crippen molar-refractivity contribution in [2.75, 3.05) is 5.32 Å². The van der Waals surface area contributed by atoms with Crippen molar-refractivity contribution >= 4 is 11.6 Å². The molecule has 0 atom stereocenters. The van der Waals surface area contributed by atoms with Gasteiger partial charge in [0.2, 0.25) is 5.91 Å². The van der Waals surface area contributed by atoms with Gasteiger partial charge in [-0.25, -0.2) is 0 Å². The average molecular weight is 368 g/mol. The van der Waals surface area contributed by atoms with Crippen LogP contribution in [0.5, 0.6) is 0 Å². The quantitative estimate of drug-likeness (QED) is 0.863. The first kappa shape index (κ1) is 17.0. The Labute approximate surface area is 159 Å². The van der Waals surface area contributed by atoms with E-state index in [0.717, 1.165) is 40.5 Å². The molecule has 0 saturated heterocycles. The van der Waals surface area contributed by atoms with Gasteiger partial charge in [-0.3, -0.25) is 9.48 Å². The van der Waals surface area contributed by atoms with Gasteiger partial charge in [-0.2, -0.15) is 5.10 Å². The minimum atomic E-state index is 0.147. The van der Waals surface area contributed by atoms with Crippen LogP contribution in [0.1, 0.15) is 62.0 Å². The van der Waals surface area contributed by atoms with Crippen LogP contribution in [0.4, 0.5) is 5.69 Å². The van der Waals surface area contributed by atoms with E-state index >= 15 is 0 Å². The predicted octanol–water partition coefficient (Wildman–Crippen LogP) is 4.08. The molecule has 0 aromatic carbocycles. The van der Waals surface area contributed by atoms with Crippen molar-refractivity contribution in [3.8, 4) is 0 Å². The Morgan fingerprint density at radius 2 is 1.89 bits per heavy atom. The highest BCUT2D eigenvalue weighted by Gasteiger charge is 2.51. The average Bonchev–Trinajstić information content (AvgIpc) is 3.14. The van der Waals surface area contributed by atoms with Crippen LogP contribution >= 0.6 is 0 Å². The molecule has 4 fully saturated rings. The molecule has 0 unspecified atom stereocenters. The Bertz CT molecular complexity index is 811. The molecule has 0 radical (unpaired) electrons. The number of aromatic nitrogens is 3. The lowest BCUT2D eigenvalue weighted by Crippen LogP contribution is -2.47. The van der Waals surface area contributed by atoms with E-state index in [-0.39, 0.29) is 11.3 Å². The Morgan fingerprint density at radius 1 is 1.22 bits per heavy atom. The maximum Gasteiger partial charge on any atom is 0.225 e. The Kier molecular flexibility index (Phi) is 3.92. The molecule has 2 aromatic heterocycles. The van der Waals surface area contributed by atoms with E-state index in [2.05, 4.69) is 15.6 Å². The van der Waals surface area contributed by atoms with E-state index in [9.17, 15) is 4.79 Å². The zero-order valence-corrected chi connectivity index (χ0v) is 16.2. The fourth-order valence-corrected chi connectivity index (χ4v) is 6.46. The summed E-state index contributed by atoms with van der Waals surface area (Å²) in [5, 5.41) is 11.5. The SMILES string of the molecule is Cc1noc(C)c1Cn1cc(NC(=O)CC23CC4CC(CC(C4)C2)C3)cn1. The van der Waals surface area contributed by atoms with E-state index in [0.29, 0.717) is 13.0 Å². The lowest BCUT2D eigenvalue weighted by atomic mass is 9.49. The number of nitrogens with zero attached hydrogens (tertiary/aromatic N) is 3. The molecule has 144 valence electrons. The van der Waals surface area contributed by atoms with Gasteiger partial charge in [-0.1, -0.05) is 5.16 Å². The van der Waals surface area contributed by atoms with Gasteiger partial charge in [0.05, 0.1) is 24.1 Å². The molecule has 6 rings (SSSR count). The molecule has 0 aliphatic heterocycles. The molecule has 1 N–H and O–H groups in total. The maximum absolute atomic E-state index is 12.8. The van der Waals surface area contributed by atoms with Crippen molar-refractivity contribution in [3.05, 3.63) is 29.4 Å². The van der Waals surface area contributed by atoms with E-state index in [1.165, 1.54) is 38.5 Å². The van der Waals surface area contributed by atoms with Gasteiger partial charge < -0.3 is 9.84 Å². The van der Waals surface area contributed by atoms with E-state index in [1.54, 1.807) is 6.20 Å². The third-order valence-electron chi connectivity index (χ3n) is 7.12. The first-order chi connectivity index (χ1) is 13.0. The minimum absolute atomic E-state index is 0.147. The summed E-state index contributed by atoms with van der Waals surface area (Å²) >= 11 is 0. The fraction of sp³-hybridized carbons (Fsp3) is 0.667. The number of amides is 1. The topological polar surface area (TPSA) is 73.0 Å². The molecular formula is C21H28N4O2. The molecule has 4 bridgehead atoms. The lowest BCUT2D eigenvalue weighted by Gasteiger charge is -2.56. The number of nitrogens with one attached hydrogen (secondary N) is 1. The molecule has 0 spiro atoms. The van der Waals surface area contributed by atoms with Crippen LogP contribution in [0.25, 0.3) is 0 Å². The van der Waals surface area contributed by atoms with Crippen LogP contribution in [0, 0.1) is 37.0 Å². The van der Waals surface area contributed by atoms with E-state index in [4.69, 9.17) is 4.52 Å². The van der Waals surface area contributed by atoms with Gasteiger partial charge in [0.1, 0.15) is 5.76 Å². The van der Waals surface area contributed by atoms with Crippen molar-refractivity contribution in [2.24, 2.45) is 23.2 Å². The zero-order chi connectivity index (χ0) is 18.6. The Balaban J connectivity index is 1.23. The second-order valence-corrected chi connectivity index (χ2v) is 9.37. The second-order valence-electron chi connectivity index (χ2n) is 9.37. The van der Waals surface area contributed by atoms with Crippen LogP contribution in [0.3, 0.4) is 0 Å². The largest absolute Gasteiger partial charge is 0.361 e. The van der Waals surface area contributed by atoms with Crippen LogP contribution in [-0.2, 0) is 11.3 Å². The number of aryl methyl sites for hydroxylation is 2. The predicted molar refractivity (Wildman–Crippen MR) is 101 cm³/mol. The van der Waals surface area contributed by atoms with Crippen LogP contribution in [0.15, 0.2) is 16.9 Å². The van der Waals surface area contributed by atoms with Crippen molar-refractivity contribution in [1.29, 1.82) is 0 Å². The molecule has 4 saturated carbocycles. The number of hydrogen-bond acceptors (Lipinski definition) is 4. The van der Waals surface area contributed by atoms with Crippen molar-refractivity contribution in [1.82, 2.24) is 14.9 Å². The minimum Gasteiger partial charge on any atom is -0.361 e. The van der Waals surface area contributed by atoms with Crippen molar-refractivity contribution < 1.29 is 9.32 Å². The van der Waals surface area contributed by atoms with Crippen molar-refractivity contribution in [2.45, 2.75) is 65.3 Å². The normalized spacial score (nSPS) is 31.4. The van der Waals surface area contributed by atoms with Crippen molar-refractivity contribution in [3.63, 3.8) is 0 Å². The maximum atomic E-state index is 12.8. The van der Waals surface area contributed by atoms with E-state index in [1.807, 2.05) is 24.7 Å². The number of hydrogen-bond donors (Lipinski definition) is 1. The highest BCUT2D eigenvalue weighted by atomic mass is 16.5. The molecule has 4 aliphatic rings. The molecule has 6 heteroatoms. The Hall–Kier alpha value is -2.11. The molecule has 2 heterocycles. The summed E-state index contributed by atoms with van der Waals surface area (Å²) in [5.41, 5.74) is 2.97. The fourth-order valence-electron chi connectivity index (χ4n) is 6.46. The molecule has 4 aliphatic carbocycles. The zero-order valence-electron chi connectivity index (χ0n) is 16.2. The summed E-state index contributed by atoms with van der Waals surface area (Å²) in [4.78, 5) is 12.8. The molecule has 1 amide bonds. The van der Waals surface area contributed by atoms with Gasteiger partial charge in [-0.05, 0) is 75.5 Å². The summed E-state index contributed by atoms with van der Waals surface area (Å²) < 4.78 is 7.04. The first-order valence-corrected chi connectivity index (χ1v) is 10.2. The van der Waals surface area contributed by atoms with Crippen LogP contribution < -0.4 is 5.32 Å². The standard InChI is InChI=1S/C21H28N4O2/c1-13-19(14(2)27-24-13)12-25-11-18(10-22-25)23-20(26)9-21-6-15-3-16(7-21)5-17(4-15)8-21/h10-11,15-17H,3-9,12H2,1-2H3,(H,23,26). The third kappa shape index (κ3) is 3.19. The molecule has 27 heavy (non-hydrogen) atoms. The summed E-state index contributed by atoms with van der Waals surface area (Å²) in [6, 6.07) is 0. The van der Waals surface area contributed by atoms with Gasteiger partial charge in [-0.15, -0.1) is 0 Å². The van der Waals surface area contributed by atoms with Gasteiger partial charge >= 0.3 is 0 Å². The second kappa shape index (κ2) is 6.21. The summed E-state index contributed by atoms with van der Waals surface area (Å²) in [6.45, 7) is 4.45. The number of carbonyl (C=O) groups excluding carboxylic acids is 1. The first-order valence-electron chi connectivity index (χ1n) is 10.2. The number of anilines is 1. The van der Waals surface area contributed by atoms with Crippen LogP contribution in [-0.4, -0.2) is 20.8 Å². The summed E-state index contributed by atoms with van der Waals surface area (Å²) in [5.74, 6) is 3.59. The lowest BCUT2D eigenvalue weighted by molar-refractivity contribution is -0.124. The Morgan fingerprint density at radius 3 is 2.48 bits per heavy atom. The monoisotopic (exact) mass is 368 g/mol. The molecular weight excluding hydrogens is 340 g/mol. The van der Waals surface area contributed by atoms with Gasteiger partial charge in [0.25, 0.3) is 0 Å². The molecule has 2 aromatic rings. The van der Waals surface area contributed by atoms with E-state index < -0.39 is 0 Å². The smallest absolute Gasteiger partial charge is 0.225 e. The number of carbonyl (C=O) groups is 1. The summed E-state index contributed by atoms with van der Waals surface area (Å²) in [7, 11) is 0. The highest BCUT2D eigenvalue weighted by molar-refractivity contribution is 5.90. The summed E-state index contributed by atoms with van der Waals surface area (Å²) in [6.07, 6.45) is 12.3. The van der Waals surface area contributed by atoms with Crippen LogP contribution in [0.2, 0.25) is 0 Å². The van der Waals surface area contributed by atoms with Gasteiger partial charge in [0.15, 0.2) is 0 Å².